The highest BCUT2D eigenvalue weighted by Gasteiger charge is 2.32. The first-order chi connectivity index (χ1) is 7.57. The molecule has 0 bridgehead atoms. The number of aliphatic hydroxyl groups excluding tert-OH is 1. The molecule has 4 nitrogen and oxygen atoms in total. The number of methoxy groups -OCH3 is 1. The van der Waals surface area contributed by atoms with Crippen LogP contribution in [0.15, 0.2) is 29.5 Å². The molecule has 0 fully saturated rings. The third kappa shape index (κ3) is 1.23. The van der Waals surface area contributed by atoms with E-state index in [1.807, 2.05) is 0 Å². The summed E-state index contributed by atoms with van der Waals surface area (Å²) >= 11 is 0. The molecule has 0 saturated heterocycles. The predicted molar refractivity (Wildman–Crippen MR) is 57.0 cm³/mol. The number of ether oxygens (including phenoxy) is 1. The Morgan fingerprint density at radius 3 is 2.50 bits per heavy atom. The normalized spacial score (nSPS) is 15.1. The Hall–Kier alpha value is -2.10. The van der Waals surface area contributed by atoms with Crippen LogP contribution < -0.4 is 4.74 Å². The van der Waals surface area contributed by atoms with Gasteiger partial charge in [0.1, 0.15) is 5.75 Å². The van der Waals surface area contributed by atoms with Gasteiger partial charge in [0.2, 0.25) is 5.78 Å². The minimum absolute atomic E-state index is 0.0748. The lowest BCUT2D eigenvalue weighted by Gasteiger charge is -2.17. The van der Waals surface area contributed by atoms with Crippen LogP contribution in [0, 0.1) is 0 Å². The zero-order valence-corrected chi connectivity index (χ0v) is 8.90. The molecule has 2 rings (SSSR count). The summed E-state index contributed by atoms with van der Waals surface area (Å²) in [4.78, 5) is 23.6. The molecule has 0 heterocycles. The van der Waals surface area contributed by atoms with Crippen molar-refractivity contribution in [3.05, 3.63) is 40.7 Å². The molecule has 16 heavy (non-hydrogen) atoms. The van der Waals surface area contributed by atoms with Gasteiger partial charge in [-0.3, -0.25) is 9.59 Å². The third-order valence-electron chi connectivity index (χ3n) is 2.63. The zero-order valence-electron chi connectivity index (χ0n) is 8.90. The van der Waals surface area contributed by atoms with Gasteiger partial charge in [-0.05, 0) is 13.0 Å². The van der Waals surface area contributed by atoms with E-state index in [-0.39, 0.29) is 22.5 Å². The number of aliphatic hydroxyl groups is 1. The number of Topliss-reactive ketones (excluding diaryl/α,β-unsaturated/α-hetero) is 2. The van der Waals surface area contributed by atoms with Crippen LogP contribution in [0.1, 0.15) is 27.6 Å². The molecule has 0 aliphatic heterocycles. The molecule has 0 unspecified atom stereocenters. The Labute approximate surface area is 92.2 Å². The molecule has 0 saturated carbocycles. The number of hydrogen-bond acceptors (Lipinski definition) is 4. The second-order valence-corrected chi connectivity index (χ2v) is 3.51. The minimum atomic E-state index is -0.565. The van der Waals surface area contributed by atoms with Crippen molar-refractivity contribution in [3.63, 3.8) is 0 Å². The molecule has 82 valence electrons. The first-order valence-corrected chi connectivity index (χ1v) is 4.74. The monoisotopic (exact) mass is 218 g/mol. The van der Waals surface area contributed by atoms with Crippen LogP contribution in [0.3, 0.4) is 0 Å². The van der Waals surface area contributed by atoms with Crippen molar-refractivity contribution < 1.29 is 19.4 Å². The Morgan fingerprint density at radius 2 is 1.88 bits per heavy atom. The molecule has 4 heteroatoms. The van der Waals surface area contributed by atoms with Crippen LogP contribution in [0.4, 0.5) is 0 Å². The highest BCUT2D eigenvalue weighted by Crippen LogP contribution is 2.31. The third-order valence-corrected chi connectivity index (χ3v) is 2.63. The maximum Gasteiger partial charge on any atom is 0.232 e. The average Bonchev–Trinajstić information content (AvgIpc) is 2.32. The molecular formula is C12H10O4. The van der Waals surface area contributed by atoms with E-state index in [2.05, 4.69) is 0 Å². The number of fused-ring (bicyclic) bond motifs is 1. The van der Waals surface area contributed by atoms with Crippen LogP contribution >= 0.6 is 0 Å². The standard InChI is InChI=1S/C12H10O4/c1-6-10(13)7-4-3-5-8(16-2)9(7)12(15)11(6)14/h3-5,14H,1-2H3. The molecule has 0 radical (unpaired) electrons. The van der Waals surface area contributed by atoms with Crippen molar-refractivity contribution in [1.82, 2.24) is 0 Å². The van der Waals surface area contributed by atoms with Crippen LogP contribution in [0.25, 0.3) is 0 Å². The van der Waals surface area contributed by atoms with E-state index >= 15 is 0 Å². The van der Waals surface area contributed by atoms with E-state index < -0.39 is 11.5 Å². The van der Waals surface area contributed by atoms with Crippen LogP contribution in [0.2, 0.25) is 0 Å². The van der Waals surface area contributed by atoms with Crippen molar-refractivity contribution >= 4 is 11.6 Å². The lowest BCUT2D eigenvalue weighted by molar-refractivity contribution is 0.0926. The van der Waals surface area contributed by atoms with E-state index in [9.17, 15) is 14.7 Å². The van der Waals surface area contributed by atoms with Gasteiger partial charge in [0.15, 0.2) is 11.5 Å². The molecule has 0 atom stereocenters. The van der Waals surface area contributed by atoms with Crippen LogP contribution in [-0.2, 0) is 0 Å². The molecule has 0 spiro atoms. The summed E-state index contributed by atoms with van der Waals surface area (Å²) < 4.78 is 5.01. The van der Waals surface area contributed by atoms with E-state index in [1.165, 1.54) is 14.0 Å². The lowest BCUT2D eigenvalue weighted by Crippen LogP contribution is -2.21. The fraction of sp³-hybridized carbons (Fsp3) is 0.167. The van der Waals surface area contributed by atoms with Crippen LogP contribution in [-0.4, -0.2) is 23.8 Å². The highest BCUT2D eigenvalue weighted by atomic mass is 16.5. The van der Waals surface area contributed by atoms with Gasteiger partial charge in [0, 0.05) is 11.1 Å². The van der Waals surface area contributed by atoms with Gasteiger partial charge in [0.25, 0.3) is 0 Å². The molecule has 0 amide bonds. The summed E-state index contributed by atoms with van der Waals surface area (Å²) in [5, 5.41) is 9.54. The molecule has 1 aromatic rings. The number of carbonyl (C=O) groups excluding carboxylic acids is 2. The predicted octanol–water partition coefficient (Wildman–Crippen LogP) is 1.91. The second-order valence-electron chi connectivity index (χ2n) is 3.51. The van der Waals surface area contributed by atoms with E-state index in [0.717, 1.165) is 0 Å². The molecule has 0 aromatic heterocycles. The first-order valence-electron chi connectivity index (χ1n) is 4.74. The van der Waals surface area contributed by atoms with Crippen molar-refractivity contribution in [2.24, 2.45) is 0 Å². The van der Waals surface area contributed by atoms with Gasteiger partial charge in [0.05, 0.1) is 12.7 Å². The van der Waals surface area contributed by atoms with Crippen molar-refractivity contribution in [2.75, 3.05) is 7.11 Å². The minimum Gasteiger partial charge on any atom is -0.504 e. The quantitative estimate of drug-likeness (QED) is 0.781. The van der Waals surface area contributed by atoms with E-state index in [1.54, 1.807) is 18.2 Å². The second kappa shape index (κ2) is 3.48. The van der Waals surface area contributed by atoms with Gasteiger partial charge in [-0.1, -0.05) is 12.1 Å². The molecule has 1 aromatic carbocycles. The van der Waals surface area contributed by atoms with Crippen LogP contribution in [0.5, 0.6) is 5.75 Å². The molecular weight excluding hydrogens is 208 g/mol. The Kier molecular flexibility index (Phi) is 2.27. The summed E-state index contributed by atoms with van der Waals surface area (Å²) in [6.45, 7) is 1.43. The first kappa shape index (κ1) is 10.4. The topological polar surface area (TPSA) is 63.6 Å². The summed E-state index contributed by atoms with van der Waals surface area (Å²) in [7, 11) is 1.41. The van der Waals surface area contributed by atoms with Gasteiger partial charge >= 0.3 is 0 Å². The maximum atomic E-state index is 11.8. The summed E-state index contributed by atoms with van der Waals surface area (Å²) in [5.74, 6) is -1.10. The van der Waals surface area contributed by atoms with E-state index in [0.29, 0.717) is 5.75 Å². The number of ketones is 2. The fourth-order valence-electron chi connectivity index (χ4n) is 1.72. The number of carbonyl (C=O) groups is 2. The van der Waals surface area contributed by atoms with E-state index in [4.69, 9.17) is 4.74 Å². The van der Waals surface area contributed by atoms with Crippen molar-refractivity contribution in [2.45, 2.75) is 6.92 Å². The summed E-state index contributed by atoms with van der Waals surface area (Å²) in [6, 6.07) is 4.77. The molecule has 1 aliphatic carbocycles. The number of benzene rings is 1. The smallest absolute Gasteiger partial charge is 0.232 e. The van der Waals surface area contributed by atoms with Gasteiger partial charge < -0.3 is 9.84 Å². The lowest BCUT2D eigenvalue weighted by atomic mass is 9.88. The number of hydrogen-bond donors (Lipinski definition) is 1. The molecule has 1 N–H and O–H groups in total. The Balaban J connectivity index is 2.76. The average molecular weight is 218 g/mol. The maximum absolute atomic E-state index is 11.8. The van der Waals surface area contributed by atoms with Crippen molar-refractivity contribution in [3.8, 4) is 5.75 Å². The summed E-state index contributed by atoms with van der Waals surface area (Å²) in [6.07, 6.45) is 0. The SMILES string of the molecule is COc1cccc2c1C(=O)C(O)=C(C)C2=O. The van der Waals surface area contributed by atoms with Gasteiger partial charge in [-0.2, -0.15) is 0 Å². The van der Waals surface area contributed by atoms with Crippen molar-refractivity contribution in [1.29, 1.82) is 0 Å². The largest absolute Gasteiger partial charge is 0.504 e. The zero-order chi connectivity index (χ0) is 11.9. The highest BCUT2D eigenvalue weighted by molar-refractivity contribution is 6.26. The number of rotatable bonds is 1. The Morgan fingerprint density at radius 1 is 1.19 bits per heavy atom. The number of allylic oxidation sites excluding steroid dienone is 2. The molecule has 1 aliphatic rings. The van der Waals surface area contributed by atoms with Gasteiger partial charge in [-0.25, -0.2) is 0 Å². The van der Waals surface area contributed by atoms with Gasteiger partial charge in [-0.15, -0.1) is 0 Å². The fourth-order valence-corrected chi connectivity index (χ4v) is 1.72. The Bertz CT molecular complexity index is 526. The summed E-state index contributed by atoms with van der Waals surface area (Å²) in [5.41, 5.74) is 0.489.